The normalized spacial score (nSPS) is 26.8. The first kappa shape index (κ1) is 107. The van der Waals surface area contributed by atoms with Crippen molar-refractivity contribution in [1.29, 1.82) is 0 Å². The largest absolute Gasteiger partial charge is 0.488 e. The molecule has 12 aliphatic heterocycles. The molecule has 15 rings (SSSR count). The van der Waals surface area contributed by atoms with Gasteiger partial charge in [-0.05, 0) is 42.8 Å². The van der Waals surface area contributed by atoms with Crippen LogP contribution in [0.4, 0.5) is 0 Å². The monoisotopic (exact) mass is 1790 g/mol. The van der Waals surface area contributed by atoms with Crippen LogP contribution in [-0.4, -0.2) is 473 Å². The highest BCUT2D eigenvalue weighted by molar-refractivity contribution is 5.41. The predicted molar refractivity (Wildman–Crippen MR) is 485 cm³/mol. The van der Waals surface area contributed by atoms with Gasteiger partial charge in [0.2, 0.25) is 0 Å². The van der Waals surface area contributed by atoms with Crippen LogP contribution in [0.5, 0.6) is 34.5 Å². The van der Waals surface area contributed by atoms with Gasteiger partial charge in [-0.2, -0.15) is 0 Å². The highest BCUT2D eigenvalue weighted by Crippen LogP contribution is 2.29. The van der Waals surface area contributed by atoms with Crippen LogP contribution in [-0.2, 0) is 85.3 Å². The van der Waals surface area contributed by atoms with Crippen molar-refractivity contribution in [2.45, 2.75) is 70.8 Å². The van der Waals surface area contributed by atoms with Crippen LogP contribution in [0.3, 0.4) is 0 Å². The molecule has 1 unspecified atom stereocenters. The van der Waals surface area contributed by atoms with E-state index in [9.17, 15) is 0 Å². The number of benzene rings is 3. The first-order chi connectivity index (χ1) is 62.6. The van der Waals surface area contributed by atoms with E-state index in [1.807, 2.05) is 72.8 Å². The molecule has 0 saturated carbocycles. The summed E-state index contributed by atoms with van der Waals surface area (Å²) in [5.74, 6) is 4.64. The quantitative estimate of drug-likeness (QED) is 0.195. The van der Waals surface area contributed by atoms with Crippen molar-refractivity contribution in [3.63, 3.8) is 0 Å². The predicted octanol–water partition coefficient (Wildman–Crippen LogP) is 7.04. The molecule has 0 N–H and O–H groups in total. The van der Waals surface area contributed by atoms with Crippen molar-refractivity contribution >= 4 is 0 Å². The SMILES string of the molecule is C1COCCN2CCOCCOCCN(CCO1)CCOCCOCC2.CCCCCCCCCCC1COCCN2CCOCCOCCN(CCOCCOCC2)CCO1.c1ccc2c(c1)OCCN1CCOCCOCCN(CCO2)CCOc2ccccc2OCC1.c1ccc2c(c1)OCCN1CCOCCOCCN(CCOCCOCC1)CCO2. The molecule has 8 bridgehead atoms. The van der Waals surface area contributed by atoms with Crippen LogP contribution in [0.1, 0.15) is 64.7 Å². The molecule has 32 nitrogen and oxygen atoms in total. The number of ether oxygens (including phenoxy) is 24. The lowest BCUT2D eigenvalue weighted by molar-refractivity contribution is -0.0420. The summed E-state index contributed by atoms with van der Waals surface area (Å²) >= 11 is 0. The number of nitrogens with zero attached hydrogens (tertiary/aromatic N) is 8. The van der Waals surface area contributed by atoms with E-state index in [1.165, 1.54) is 51.4 Å². The van der Waals surface area contributed by atoms with Gasteiger partial charge in [0.25, 0.3) is 0 Å². The Bertz CT molecular complexity index is 2670. The summed E-state index contributed by atoms with van der Waals surface area (Å²) in [6, 6.07) is 23.6. The zero-order chi connectivity index (χ0) is 87.4. The lowest BCUT2D eigenvalue weighted by Crippen LogP contribution is -2.37. The molecular formula is C94H164N8O24. The zero-order valence-electron chi connectivity index (χ0n) is 77.2. The van der Waals surface area contributed by atoms with Crippen molar-refractivity contribution in [3.8, 4) is 34.5 Å². The third kappa shape index (κ3) is 54.4. The highest BCUT2D eigenvalue weighted by atomic mass is 16.6. The fourth-order valence-corrected chi connectivity index (χ4v) is 14.6. The Morgan fingerprint density at radius 1 is 0.183 bits per heavy atom. The zero-order valence-corrected chi connectivity index (χ0v) is 77.2. The molecule has 12 aliphatic rings. The average molecular weight is 1790 g/mol. The molecular weight excluding hydrogens is 1630 g/mol. The van der Waals surface area contributed by atoms with Gasteiger partial charge in [-0.15, -0.1) is 0 Å². The molecule has 7 fully saturated rings. The van der Waals surface area contributed by atoms with Gasteiger partial charge in [-0.1, -0.05) is 94.7 Å². The standard InChI is InChI=1S/C28H56N2O6.C26H36N2O6.C22H36N2O6.C18H36N2O6/c1-2-3-4-5-6-7-8-9-10-28-27-35-21-15-29-11-17-31-23-25-33-19-13-30(16-22-36-28)14-20-34-26-24-32-18-12-29;1-2-6-24-23(5-1)31-17-11-27-9-15-29-21-22-30-16-10-28(12-18-32-24)14-20-34-26-8-4-3-7-25(26)33-19-13-27;1-2-4-22-21(3-1)29-15-9-23-5-11-25-17-19-27-13-7-24(10-16-30-22)8-14-28-20-18-26-12-6-23;1-7-21-13-14-24-10-4-20-5-11-25-17-15-22-8-2-19(1)3-9-23-16-18-26-12-6-20/h28H,2-27H2,1H3;1-8H,9-22H2;1-4H,5-20H2;1-18H2. The summed E-state index contributed by atoms with van der Waals surface area (Å²) in [5.41, 5.74) is 0. The van der Waals surface area contributed by atoms with Gasteiger partial charge in [-0.3, -0.25) is 39.2 Å². The van der Waals surface area contributed by atoms with E-state index in [1.54, 1.807) is 0 Å². The van der Waals surface area contributed by atoms with E-state index < -0.39 is 0 Å². The van der Waals surface area contributed by atoms with Crippen molar-refractivity contribution in [1.82, 2.24) is 39.2 Å². The maximum atomic E-state index is 6.37. The van der Waals surface area contributed by atoms with Gasteiger partial charge in [0.05, 0.1) is 237 Å². The van der Waals surface area contributed by atoms with Crippen molar-refractivity contribution < 1.29 is 114 Å². The van der Waals surface area contributed by atoms with Crippen LogP contribution in [0.25, 0.3) is 0 Å². The Labute approximate surface area is 755 Å². The smallest absolute Gasteiger partial charge is 0.161 e. The number of rotatable bonds is 9. The molecule has 3 aromatic carbocycles. The first-order valence-corrected chi connectivity index (χ1v) is 47.9. The Hall–Kier alpha value is -4.58. The van der Waals surface area contributed by atoms with E-state index >= 15 is 0 Å². The summed E-state index contributed by atoms with van der Waals surface area (Å²) in [6.45, 7) is 48.5. The molecule has 724 valence electrons. The fraction of sp³-hybridized carbons (Fsp3) is 0.809. The number of hydrogen-bond donors (Lipinski definition) is 0. The maximum Gasteiger partial charge on any atom is 0.161 e. The van der Waals surface area contributed by atoms with Gasteiger partial charge in [-0.25, -0.2) is 0 Å². The summed E-state index contributed by atoms with van der Waals surface area (Å²) in [7, 11) is 0. The van der Waals surface area contributed by atoms with Gasteiger partial charge >= 0.3 is 0 Å². The summed E-state index contributed by atoms with van der Waals surface area (Å²) in [4.78, 5) is 18.5. The Morgan fingerprint density at radius 2 is 0.341 bits per heavy atom. The number of fused-ring (bicyclic) bond motifs is 75. The first-order valence-electron chi connectivity index (χ1n) is 47.9. The van der Waals surface area contributed by atoms with Crippen molar-refractivity contribution in [2.75, 3.05) is 428 Å². The van der Waals surface area contributed by atoms with Crippen molar-refractivity contribution in [3.05, 3.63) is 72.8 Å². The third-order valence-electron chi connectivity index (χ3n) is 22.3. The van der Waals surface area contributed by atoms with Gasteiger partial charge in [0.15, 0.2) is 34.5 Å². The van der Waals surface area contributed by atoms with E-state index in [0.717, 1.165) is 198 Å². The Kier molecular flexibility index (Phi) is 64.3. The minimum atomic E-state index is 0.164. The van der Waals surface area contributed by atoms with E-state index in [-0.39, 0.29) is 6.10 Å². The summed E-state index contributed by atoms with van der Waals surface area (Å²) in [5, 5.41) is 0. The molecule has 0 radical (unpaired) electrons. The topological polar surface area (TPSA) is 247 Å². The van der Waals surface area contributed by atoms with Gasteiger partial charge in [0.1, 0.15) is 39.6 Å². The number of unbranched alkanes of at least 4 members (excludes halogenated alkanes) is 7. The Morgan fingerprint density at radius 3 is 0.532 bits per heavy atom. The molecule has 0 aromatic heterocycles. The molecule has 0 amide bonds. The molecule has 7 saturated heterocycles. The number of para-hydroxylation sites is 6. The summed E-state index contributed by atoms with van der Waals surface area (Å²) in [6.07, 6.45) is 11.9. The van der Waals surface area contributed by atoms with E-state index in [0.29, 0.717) is 271 Å². The molecule has 3 aromatic rings. The van der Waals surface area contributed by atoms with Crippen LogP contribution < -0.4 is 28.4 Å². The molecule has 12 heterocycles. The fourth-order valence-electron chi connectivity index (χ4n) is 14.6. The van der Waals surface area contributed by atoms with E-state index in [2.05, 4.69) is 46.1 Å². The minimum absolute atomic E-state index is 0.164. The van der Waals surface area contributed by atoms with Crippen LogP contribution >= 0.6 is 0 Å². The number of hydrogen-bond acceptors (Lipinski definition) is 32. The van der Waals surface area contributed by atoms with E-state index in [4.69, 9.17) is 114 Å². The third-order valence-corrected chi connectivity index (χ3v) is 22.3. The van der Waals surface area contributed by atoms with Crippen molar-refractivity contribution in [2.24, 2.45) is 0 Å². The lowest BCUT2D eigenvalue weighted by atomic mass is 10.1. The molecule has 0 spiro atoms. The maximum absolute atomic E-state index is 6.37. The average Bonchev–Trinajstić information content (AvgIpc) is 0.887. The summed E-state index contributed by atoms with van der Waals surface area (Å²) < 4.78 is 141. The van der Waals surface area contributed by atoms with Crippen LogP contribution in [0.2, 0.25) is 0 Å². The Balaban J connectivity index is 0.000000209. The second-order valence-electron chi connectivity index (χ2n) is 31.8. The molecule has 126 heavy (non-hydrogen) atoms. The second-order valence-corrected chi connectivity index (χ2v) is 31.8. The molecule has 1 atom stereocenters. The second kappa shape index (κ2) is 75.9. The highest BCUT2D eigenvalue weighted by Gasteiger charge is 2.20. The molecule has 32 heteroatoms. The van der Waals surface area contributed by atoms with Gasteiger partial charge in [0, 0.05) is 157 Å². The minimum Gasteiger partial charge on any atom is -0.488 e. The van der Waals surface area contributed by atoms with Crippen LogP contribution in [0.15, 0.2) is 72.8 Å². The van der Waals surface area contributed by atoms with Crippen LogP contribution in [0, 0.1) is 0 Å². The molecule has 0 aliphatic carbocycles. The van der Waals surface area contributed by atoms with Gasteiger partial charge < -0.3 is 114 Å². The lowest BCUT2D eigenvalue weighted by Gasteiger charge is -2.26.